The van der Waals surface area contributed by atoms with Crippen LogP contribution in [-0.4, -0.2) is 24.0 Å². The molecule has 0 saturated carbocycles. The largest absolute Gasteiger partial charge is 0.544 e. The van der Waals surface area contributed by atoms with Crippen LogP contribution in [0.5, 0.6) is 0 Å². The molecule has 2 aromatic rings. The van der Waals surface area contributed by atoms with E-state index in [2.05, 4.69) is 24.0 Å². The Kier molecular flexibility index (Phi) is 4.78. The molecule has 0 amide bonds. The molecule has 23 heavy (non-hydrogen) atoms. The van der Waals surface area contributed by atoms with Crippen molar-refractivity contribution in [1.29, 1.82) is 0 Å². The predicted molar refractivity (Wildman–Crippen MR) is 89.4 cm³/mol. The fourth-order valence-electron chi connectivity index (χ4n) is 3.11. The minimum Gasteiger partial charge on any atom is -0.544 e. The van der Waals surface area contributed by atoms with E-state index in [-0.39, 0.29) is 4.88 Å². The number of aromatic nitrogens is 1. The SMILES string of the molecule is Cc1nc(-c2ccc(C[NH+]3CCC(C)CC3)cc2)sc1C(=O)[O-]. The number of piperidine rings is 1. The maximum Gasteiger partial charge on any atom is 0.124 e. The standard InChI is InChI=1S/C18H22N2O2S/c1-12-7-9-20(10-8-12)11-14-3-5-15(6-4-14)17-19-13(2)16(23-17)18(21)22/h3-6,12H,7-11H2,1-2H3,(H,21,22). The van der Waals surface area contributed by atoms with Gasteiger partial charge in [-0.1, -0.05) is 31.2 Å². The molecule has 122 valence electrons. The Morgan fingerprint density at radius 2 is 1.96 bits per heavy atom. The number of aryl methyl sites for hydroxylation is 1. The number of nitrogens with one attached hydrogen (secondary N) is 1. The molecule has 5 heteroatoms. The van der Waals surface area contributed by atoms with Crippen LogP contribution in [0.4, 0.5) is 0 Å². The normalized spacial score (nSPS) is 21.3. The summed E-state index contributed by atoms with van der Waals surface area (Å²) in [5, 5.41) is 11.8. The molecule has 1 aromatic carbocycles. The molecule has 1 aliphatic heterocycles. The Labute approximate surface area is 140 Å². The summed E-state index contributed by atoms with van der Waals surface area (Å²) in [4.78, 5) is 17.2. The van der Waals surface area contributed by atoms with Crippen molar-refractivity contribution in [1.82, 2.24) is 4.98 Å². The third kappa shape index (κ3) is 3.79. The van der Waals surface area contributed by atoms with Crippen molar-refractivity contribution >= 4 is 17.3 Å². The molecule has 0 radical (unpaired) electrons. The monoisotopic (exact) mass is 330 g/mol. The van der Waals surface area contributed by atoms with Crippen molar-refractivity contribution in [2.45, 2.75) is 33.2 Å². The number of carbonyl (C=O) groups excluding carboxylic acids is 1. The summed E-state index contributed by atoms with van der Waals surface area (Å²) in [6, 6.07) is 8.35. The molecular weight excluding hydrogens is 308 g/mol. The molecule has 0 spiro atoms. The number of thiazole rings is 1. The minimum atomic E-state index is -1.15. The molecule has 2 heterocycles. The lowest BCUT2D eigenvalue weighted by Gasteiger charge is -2.27. The van der Waals surface area contributed by atoms with Gasteiger partial charge in [0.2, 0.25) is 0 Å². The van der Waals surface area contributed by atoms with Gasteiger partial charge in [-0.2, -0.15) is 0 Å². The summed E-state index contributed by atoms with van der Waals surface area (Å²) < 4.78 is 0. The van der Waals surface area contributed by atoms with Gasteiger partial charge < -0.3 is 14.8 Å². The van der Waals surface area contributed by atoms with Gasteiger partial charge >= 0.3 is 0 Å². The van der Waals surface area contributed by atoms with Crippen LogP contribution in [0.1, 0.15) is 40.7 Å². The van der Waals surface area contributed by atoms with Gasteiger partial charge in [0.15, 0.2) is 0 Å². The number of hydrogen-bond acceptors (Lipinski definition) is 4. The molecule has 0 atom stereocenters. The Morgan fingerprint density at radius 3 is 2.52 bits per heavy atom. The summed E-state index contributed by atoms with van der Waals surface area (Å²) in [6.07, 6.45) is 2.63. The Bertz CT molecular complexity index is 686. The second-order valence-electron chi connectivity index (χ2n) is 6.53. The average Bonchev–Trinajstić information content (AvgIpc) is 2.92. The van der Waals surface area contributed by atoms with Gasteiger partial charge in [-0.15, -0.1) is 11.3 Å². The van der Waals surface area contributed by atoms with E-state index in [1.807, 2.05) is 12.1 Å². The van der Waals surface area contributed by atoms with Crippen LogP contribution >= 0.6 is 11.3 Å². The molecule has 1 fully saturated rings. The third-order valence-electron chi connectivity index (χ3n) is 4.62. The number of nitrogens with zero attached hydrogens (tertiary/aromatic N) is 1. The molecule has 0 aliphatic carbocycles. The van der Waals surface area contributed by atoms with Gasteiger partial charge in [-0.05, 0) is 25.7 Å². The zero-order valence-electron chi connectivity index (χ0n) is 13.6. The first-order valence-electron chi connectivity index (χ1n) is 8.14. The van der Waals surface area contributed by atoms with Gasteiger partial charge in [0.1, 0.15) is 11.6 Å². The highest BCUT2D eigenvalue weighted by Gasteiger charge is 2.19. The topological polar surface area (TPSA) is 57.5 Å². The third-order valence-corrected chi connectivity index (χ3v) is 5.80. The van der Waals surface area contributed by atoms with Gasteiger partial charge in [0, 0.05) is 11.1 Å². The van der Waals surface area contributed by atoms with E-state index in [1.165, 1.54) is 42.8 Å². The van der Waals surface area contributed by atoms with E-state index >= 15 is 0 Å². The molecule has 1 N–H and O–H groups in total. The Hall–Kier alpha value is -1.72. The van der Waals surface area contributed by atoms with Crippen LogP contribution < -0.4 is 10.0 Å². The minimum absolute atomic E-state index is 0.218. The van der Waals surface area contributed by atoms with Crippen molar-refractivity contribution in [2.75, 3.05) is 13.1 Å². The quantitative estimate of drug-likeness (QED) is 0.919. The van der Waals surface area contributed by atoms with Crippen molar-refractivity contribution in [2.24, 2.45) is 5.92 Å². The summed E-state index contributed by atoms with van der Waals surface area (Å²) in [5.41, 5.74) is 2.82. The van der Waals surface area contributed by atoms with Crippen molar-refractivity contribution in [3.8, 4) is 10.6 Å². The molecule has 1 aromatic heterocycles. The fourth-order valence-corrected chi connectivity index (χ4v) is 4.02. The van der Waals surface area contributed by atoms with Crippen LogP contribution in [0, 0.1) is 12.8 Å². The van der Waals surface area contributed by atoms with E-state index in [4.69, 9.17) is 0 Å². The number of rotatable bonds is 4. The highest BCUT2D eigenvalue weighted by Crippen LogP contribution is 2.27. The number of carboxylic acid groups (broad SMARTS) is 1. The first kappa shape index (κ1) is 16.1. The number of benzene rings is 1. The number of aromatic carboxylic acids is 1. The lowest BCUT2D eigenvalue weighted by atomic mass is 9.99. The first-order chi connectivity index (χ1) is 11.0. The first-order valence-corrected chi connectivity index (χ1v) is 8.96. The number of hydrogen-bond donors (Lipinski definition) is 1. The van der Waals surface area contributed by atoms with Gasteiger partial charge in [-0.3, -0.25) is 0 Å². The van der Waals surface area contributed by atoms with E-state index in [1.54, 1.807) is 11.8 Å². The second-order valence-corrected chi connectivity index (χ2v) is 7.53. The lowest BCUT2D eigenvalue weighted by Crippen LogP contribution is -3.11. The van der Waals surface area contributed by atoms with Crippen LogP contribution in [0.25, 0.3) is 10.6 Å². The zero-order chi connectivity index (χ0) is 16.4. The molecule has 0 unspecified atom stereocenters. The smallest absolute Gasteiger partial charge is 0.124 e. The molecule has 1 saturated heterocycles. The van der Waals surface area contributed by atoms with E-state index in [9.17, 15) is 9.90 Å². The number of quaternary nitrogens is 1. The second kappa shape index (κ2) is 6.81. The average molecular weight is 330 g/mol. The van der Waals surface area contributed by atoms with Gasteiger partial charge in [0.25, 0.3) is 0 Å². The molecule has 1 aliphatic rings. The summed E-state index contributed by atoms with van der Waals surface area (Å²) in [6.45, 7) is 7.62. The van der Waals surface area contributed by atoms with Gasteiger partial charge in [-0.25, -0.2) is 4.98 Å². The van der Waals surface area contributed by atoms with Crippen molar-refractivity contribution < 1.29 is 14.8 Å². The molecule has 0 bridgehead atoms. The highest BCUT2D eigenvalue weighted by molar-refractivity contribution is 7.17. The Balaban J connectivity index is 1.69. The van der Waals surface area contributed by atoms with Crippen LogP contribution in [-0.2, 0) is 6.54 Å². The molecule has 3 rings (SSSR count). The zero-order valence-corrected chi connectivity index (χ0v) is 14.4. The van der Waals surface area contributed by atoms with Gasteiger partial charge in [0.05, 0.1) is 29.6 Å². The maximum atomic E-state index is 11.0. The number of likely N-dealkylation sites (tertiary alicyclic amines) is 1. The van der Waals surface area contributed by atoms with Crippen LogP contribution in [0.15, 0.2) is 24.3 Å². The van der Waals surface area contributed by atoms with Crippen molar-refractivity contribution in [3.63, 3.8) is 0 Å². The maximum absolute atomic E-state index is 11.0. The van der Waals surface area contributed by atoms with E-state index in [0.717, 1.165) is 23.0 Å². The van der Waals surface area contributed by atoms with Crippen molar-refractivity contribution in [3.05, 3.63) is 40.4 Å². The summed E-state index contributed by atoms with van der Waals surface area (Å²) in [5.74, 6) is -0.280. The summed E-state index contributed by atoms with van der Waals surface area (Å²) in [7, 11) is 0. The fraction of sp³-hybridized carbons (Fsp3) is 0.444. The highest BCUT2D eigenvalue weighted by atomic mass is 32.1. The lowest BCUT2D eigenvalue weighted by molar-refractivity contribution is -0.919. The van der Waals surface area contributed by atoms with Crippen LogP contribution in [0.2, 0.25) is 0 Å². The van der Waals surface area contributed by atoms with E-state index in [0.29, 0.717) is 5.69 Å². The molecular formula is C18H22N2O2S. The predicted octanol–water partition coefficient (Wildman–Crippen LogP) is 1.30. The van der Waals surface area contributed by atoms with Crippen LogP contribution in [0.3, 0.4) is 0 Å². The number of carboxylic acids is 1. The molecule has 4 nitrogen and oxygen atoms in total. The Morgan fingerprint density at radius 1 is 1.30 bits per heavy atom. The summed E-state index contributed by atoms with van der Waals surface area (Å²) >= 11 is 1.18. The van der Waals surface area contributed by atoms with E-state index < -0.39 is 5.97 Å². The number of carbonyl (C=O) groups is 1.